The average molecular weight is 346 g/mol. The van der Waals surface area contributed by atoms with E-state index < -0.39 is 6.10 Å². The molecule has 24 heavy (non-hydrogen) atoms. The van der Waals surface area contributed by atoms with Crippen LogP contribution in [0.25, 0.3) is 0 Å². The fraction of sp³-hybridized carbons (Fsp3) is 0.400. The highest BCUT2D eigenvalue weighted by atomic mass is 35.5. The van der Waals surface area contributed by atoms with Gasteiger partial charge in [-0.1, -0.05) is 61.8 Å². The molecule has 0 heterocycles. The van der Waals surface area contributed by atoms with E-state index in [9.17, 15) is 5.11 Å². The molecule has 1 aliphatic rings. The lowest BCUT2D eigenvalue weighted by Gasteiger charge is -2.33. The van der Waals surface area contributed by atoms with Crippen LogP contribution in [-0.4, -0.2) is 17.2 Å². The molecular weight excluding hydrogens is 322 g/mol. The third-order valence-electron chi connectivity index (χ3n) is 4.43. The first kappa shape index (κ1) is 17.3. The van der Waals surface area contributed by atoms with Crippen molar-refractivity contribution in [3.8, 4) is 5.75 Å². The lowest BCUT2D eigenvalue weighted by molar-refractivity contribution is 0.110. The van der Waals surface area contributed by atoms with Crippen molar-refractivity contribution < 1.29 is 9.84 Å². The number of aliphatic hydroxyl groups is 1. The summed E-state index contributed by atoms with van der Waals surface area (Å²) in [5.74, 6) is 0.682. The molecule has 0 fully saturated rings. The van der Waals surface area contributed by atoms with Crippen LogP contribution in [-0.2, 0) is 13.0 Å². The first-order valence-electron chi connectivity index (χ1n) is 8.48. The lowest BCUT2D eigenvalue weighted by atomic mass is 9.85. The van der Waals surface area contributed by atoms with Gasteiger partial charge in [-0.15, -0.1) is 0 Å². The van der Waals surface area contributed by atoms with Crippen LogP contribution in [0.15, 0.2) is 42.5 Å². The standard InChI is InChI=1S/C20H24ClNO2/c1-13(2)22-17-10-8-15-16(20(17)23)9-11-18(19(15)21)24-12-14-6-4-3-5-7-14/h3-7,9,11,13,17,20,22-23H,8,10,12H2,1-2H3. The predicted molar refractivity (Wildman–Crippen MR) is 97.6 cm³/mol. The van der Waals surface area contributed by atoms with E-state index in [1.165, 1.54) is 0 Å². The molecule has 0 saturated carbocycles. The maximum atomic E-state index is 10.6. The fourth-order valence-corrected chi connectivity index (χ4v) is 3.59. The molecule has 3 nitrogen and oxygen atoms in total. The summed E-state index contributed by atoms with van der Waals surface area (Å²) in [5, 5.41) is 14.7. The summed E-state index contributed by atoms with van der Waals surface area (Å²) in [6, 6.07) is 14.2. The molecule has 4 heteroatoms. The van der Waals surface area contributed by atoms with Crippen LogP contribution < -0.4 is 10.1 Å². The average Bonchev–Trinajstić information content (AvgIpc) is 2.57. The molecule has 0 spiro atoms. The third-order valence-corrected chi connectivity index (χ3v) is 4.85. The van der Waals surface area contributed by atoms with Crippen LogP contribution in [0.4, 0.5) is 0 Å². The minimum absolute atomic E-state index is 0.0738. The van der Waals surface area contributed by atoms with Gasteiger partial charge in [0.05, 0.1) is 11.1 Å². The topological polar surface area (TPSA) is 41.5 Å². The van der Waals surface area contributed by atoms with Gasteiger partial charge in [0.1, 0.15) is 12.4 Å². The number of hydrogen-bond donors (Lipinski definition) is 2. The molecule has 2 aromatic rings. The van der Waals surface area contributed by atoms with Crippen LogP contribution in [0.5, 0.6) is 5.75 Å². The molecule has 128 valence electrons. The summed E-state index contributed by atoms with van der Waals surface area (Å²) >= 11 is 6.56. The zero-order valence-corrected chi connectivity index (χ0v) is 14.9. The number of fused-ring (bicyclic) bond motifs is 1. The maximum absolute atomic E-state index is 10.6. The van der Waals surface area contributed by atoms with Gasteiger partial charge in [0.15, 0.2) is 0 Å². The number of benzene rings is 2. The predicted octanol–water partition coefficient (Wildman–Crippen LogP) is 4.27. The van der Waals surface area contributed by atoms with E-state index in [1.807, 2.05) is 42.5 Å². The Morgan fingerprint density at radius 3 is 2.67 bits per heavy atom. The summed E-state index contributed by atoms with van der Waals surface area (Å²) < 4.78 is 5.89. The van der Waals surface area contributed by atoms with Gasteiger partial charge >= 0.3 is 0 Å². The molecular formula is C20H24ClNO2. The van der Waals surface area contributed by atoms with E-state index in [0.717, 1.165) is 29.5 Å². The molecule has 2 aromatic carbocycles. The molecule has 2 atom stereocenters. The highest BCUT2D eigenvalue weighted by Crippen LogP contribution is 2.39. The van der Waals surface area contributed by atoms with Gasteiger partial charge in [-0.05, 0) is 35.6 Å². The van der Waals surface area contributed by atoms with Crippen molar-refractivity contribution >= 4 is 11.6 Å². The summed E-state index contributed by atoms with van der Waals surface area (Å²) in [6.45, 7) is 4.67. The number of ether oxygens (including phenoxy) is 1. The van der Waals surface area contributed by atoms with E-state index in [0.29, 0.717) is 23.4 Å². The molecule has 3 rings (SSSR count). The largest absolute Gasteiger partial charge is 0.487 e. The van der Waals surface area contributed by atoms with Gasteiger partial charge < -0.3 is 15.2 Å². The maximum Gasteiger partial charge on any atom is 0.138 e. The second kappa shape index (κ2) is 7.56. The van der Waals surface area contributed by atoms with Crippen LogP contribution in [0.1, 0.15) is 43.1 Å². The summed E-state index contributed by atoms with van der Waals surface area (Å²) in [6.07, 6.45) is 1.18. The minimum atomic E-state index is -0.531. The zero-order valence-electron chi connectivity index (χ0n) is 14.1. The molecule has 1 aliphatic carbocycles. The van der Waals surface area contributed by atoms with E-state index in [1.54, 1.807) is 0 Å². The van der Waals surface area contributed by atoms with Gasteiger partial charge in [-0.2, -0.15) is 0 Å². The van der Waals surface area contributed by atoms with Crippen molar-refractivity contribution in [2.24, 2.45) is 0 Å². The molecule has 0 amide bonds. The number of halogens is 1. The van der Waals surface area contributed by atoms with Gasteiger partial charge in [-0.3, -0.25) is 0 Å². The normalized spacial score (nSPS) is 20.0. The van der Waals surface area contributed by atoms with Crippen LogP contribution in [0.2, 0.25) is 5.02 Å². The van der Waals surface area contributed by atoms with Crippen molar-refractivity contribution in [1.29, 1.82) is 0 Å². The SMILES string of the molecule is CC(C)NC1CCc2c(ccc(OCc3ccccc3)c2Cl)C1O. The molecule has 2 unspecified atom stereocenters. The molecule has 0 aromatic heterocycles. The van der Waals surface area contributed by atoms with E-state index in [-0.39, 0.29) is 6.04 Å². The Morgan fingerprint density at radius 2 is 1.96 bits per heavy atom. The molecule has 2 N–H and O–H groups in total. The van der Waals surface area contributed by atoms with Crippen LogP contribution in [0.3, 0.4) is 0 Å². The van der Waals surface area contributed by atoms with Crippen LogP contribution in [0, 0.1) is 0 Å². The molecule has 0 aliphatic heterocycles. The van der Waals surface area contributed by atoms with Crippen molar-refractivity contribution in [2.45, 2.75) is 51.5 Å². The summed E-state index contributed by atoms with van der Waals surface area (Å²) in [4.78, 5) is 0. The second-order valence-electron chi connectivity index (χ2n) is 6.63. The summed E-state index contributed by atoms with van der Waals surface area (Å²) in [7, 11) is 0. The van der Waals surface area contributed by atoms with Crippen molar-refractivity contribution in [1.82, 2.24) is 5.32 Å². The Hall–Kier alpha value is -1.55. The Balaban J connectivity index is 1.76. The fourth-order valence-electron chi connectivity index (χ4n) is 3.27. The quantitative estimate of drug-likeness (QED) is 0.850. The zero-order chi connectivity index (χ0) is 17.1. The Labute approximate surface area is 148 Å². The van der Waals surface area contributed by atoms with Crippen molar-refractivity contribution in [2.75, 3.05) is 0 Å². The second-order valence-corrected chi connectivity index (χ2v) is 7.01. The molecule has 0 saturated heterocycles. The van der Waals surface area contributed by atoms with Crippen molar-refractivity contribution in [3.05, 3.63) is 64.2 Å². The first-order chi connectivity index (χ1) is 11.6. The molecule has 0 radical (unpaired) electrons. The Bertz CT molecular complexity index is 688. The number of hydrogen-bond acceptors (Lipinski definition) is 3. The summed E-state index contributed by atoms with van der Waals surface area (Å²) in [5.41, 5.74) is 3.03. The molecule has 0 bridgehead atoms. The van der Waals surface area contributed by atoms with Gasteiger partial charge in [-0.25, -0.2) is 0 Å². The number of nitrogens with one attached hydrogen (secondary N) is 1. The van der Waals surface area contributed by atoms with Crippen LogP contribution >= 0.6 is 11.6 Å². The first-order valence-corrected chi connectivity index (χ1v) is 8.86. The highest BCUT2D eigenvalue weighted by molar-refractivity contribution is 6.33. The number of rotatable bonds is 5. The van der Waals surface area contributed by atoms with E-state index in [2.05, 4.69) is 19.2 Å². The van der Waals surface area contributed by atoms with Crippen molar-refractivity contribution in [3.63, 3.8) is 0 Å². The van der Waals surface area contributed by atoms with Gasteiger partial charge in [0.25, 0.3) is 0 Å². The third kappa shape index (κ3) is 3.75. The van der Waals surface area contributed by atoms with E-state index in [4.69, 9.17) is 16.3 Å². The van der Waals surface area contributed by atoms with Gasteiger partial charge in [0, 0.05) is 12.1 Å². The smallest absolute Gasteiger partial charge is 0.138 e. The van der Waals surface area contributed by atoms with E-state index >= 15 is 0 Å². The van der Waals surface area contributed by atoms with Gasteiger partial charge in [0.2, 0.25) is 0 Å². The monoisotopic (exact) mass is 345 g/mol. The minimum Gasteiger partial charge on any atom is -0.487 e. The lowest BCUT2D eigenvalue weighted by Crippen LogP contribution is -2.42. The highest BCUT2D eigenvalue weighted by Gasteiger charge is 2.30. The Kier molecular flexibility index (Phi) is 5.44. The number of aliphatic hydroxyl groups excluding tert-OH is 1. The Morgan fingerprint density at radius 1 is 1.21 bits per heavy atom.